The van der Waals surface area contributed by atoms with Crippen LogP contribution in [0.2, 0.25) is 0 Å². The Morgan fingerprint density at radius 1 is 1.06 bits per heavy atom. The van der Waals surface area contributed by atoms with E-state index in [1.165, 1.54) is 11.6 Å². The Bertz CT molecular complexity index is 1290. The molecule has 2 aromatic heterocycles. The second-order valence-corrected chi connectivity index (χ2v) is 7.97. The van der Waals surface area contributed by atoms with Gasteiger partial charge in [-0.2, -0.15) is 0 Å². The summed E-state index contributed by atoms with van der Waals surface area (Å²) in [6.45, 7) is 0. The number of carboxylic acids is 1. The number of hydrogen-bond donors (Lipinski definition) is 1. The van der Waals surface area contributed by atoms with Crippen molar-refractivity contribution in [3.63, 3.8) is 0 Å². The van der Waals surface area contributed by atoms with Crippen LogP contribution >= 0.6 is 0 Å². The average Bonchev–Trinajstić information content (AvgIpc) is 3.37. The van der Waals surface area contributed by atoms with Crippen LogP contribution in [-0.4, -0.2) is 16.1 Å². The first-order valence-electron chi connectivity index (χ1n) is 10.6. The third-order valence-corrected chi connectivity index (χ3v) is 5.96. The zero-order chi connectivity index (χ0) is 21.4. The van der Waals surface area contributed by atoms with Gasteiger partial charge in [-0.15, -0.1) is 0 Å². The molecule has 0 amide bonds. The van der Waals surface area contributed by atoms with Gasteiger partial charge in [0, 0.05) is 34.2 Å². The number of fused-ring (bicyclic) bond motifs is 2. The van der Waals surface area contributed by atoms with E-state index in [0.29, 0.717) is 41.0 Å². The van der Waals surface area contributed by atoms with Gasteiger partial charge < -0.3 is 9.52 Å². The third-order valence-electron chi connectivity index (χ3n) is 5.96. The second-order valence-electron chi connectivity index (χ2n) is 7.97. The number of aliphatic carboxylic acids is 1. The molecule has 0 aliphatic heterocycles. The molecule has 0 saturated carbocycles. The predicted molar refractivity (Wildman–Crippen MR) is 117 cm³/mol. The summed E-state index contributed by atoms with van der Waals surface area (Å²) in [7, 11) is 0. The van der Waals surface area contributed by atoms with Crippen LogP contribution < -0.4 is 0 Å². The van der Waals surface area contributed by atoms with Crippen LogP contribution in [0.15, 0.2) is 59.0 Å². The number of halogens is 1. The normalized spacial score (nSPS) is 12.9. The fourth-order valence-corrected chi connectivity index (χ4v) is 4.51. The number of aryl methyl sites for hydroxylation is 3. The number of pyridine rings is 1. The van der Waals surface area contributed by atoms with Gasteiger partial charge in [0.25, 0.3) is 0 Å². The van der Waals surface area contributed by atoms with Crippen molar-refractivity contribution in [2.75, 3.05) is 0 Å². The molecule has 5 rings (SSSR count). The topological polar surface area (TPSA) is 63.3 Å². The second kappa shape index (κ2) is 7.99. The summed E-state index contributed by atoms with van der Waals surface area (Å²) in [6.07, 6.45) is 4.09. The number of carbonyl (C=O) groups is 1. The summed E-state index contributed by atoms with van der Waals surface area (Å²) in [5.74, 6) is -0.591. The zero-order valence-corrected chi connectivity index (χ0v) is 17.0. The molecule has 5 heteroatoms. The molecule has 0 bridgehead atoms. The maximum atomic E-state index is 15.2. The van der Waals surface area contributed by atoms with Crippen molar-refractivity contribution in [3.05, 3.63) is 77.2 Å². The molecule has 0 unspecified atom stereocenters. The minimum Gasteiger partial charge on any atom is -0.481 e. The van der Waals surface area contributed by atoms with Crippen LogP contribution in [0.3, 0.4) is 0 Å². The summed E-state index contributed by atoms with van der Waals surface area (Å²) in [5, 5.41) is 10.00. The molecule has 4 nitrogen and oxygen atoms in total. The molecule has 4 aromatic rings. The highest BCUT2D eigenvalue weighted by molar-refractivity contribution is 5.91. The van der Waals surface area contributed by atoms with Crippen molar-refractivity contribution in [2.45, 2.75) is 38.5 Å². The van der Waals surface area contributed by atoms with Gasteiger partial charge in [-0.25, -0.2) is 4.39 Å². The highest BCUT2D eigenvalue weighted by atomic mass is 19.1. The van der Waals surface area contributed by atoms with E-state index in [1.54, 1.807) is 6.07 Å². The minimum atomic E-state index is -0.830. The van der Waals surface area contributed by atoms with E-state index in [-0.39, 0.29) is 12.2 Å². The van der Waals surface area contributed by atoms with Crippen LogP contribution in [-0.2, 0) is 24.1 Å². The third kappa shape index (κ3) is 3.61. The largest absolute Gasteiger partial charge is 0.481 e. The number of furan rings is 1. The minimum absolute atomic E-state index is 0.0708. The molecule has 1 aliphatic rings. The lowest BCUT2D eigenvalue weighted by molar-refractivity contribution is -0.137. The quantitative estimate of drug-likeness (QED) is 0.407. The van der Waals surface area contributed by atoms with Gasteiger partial charge >= 0.3 is 5.97 Å². The van der Waals surface area contributed by atoms with Gasteiger partial charge in [-0.05, 0) is 55.9 Å². The van der Waals surface area contributed by atoms with E-state index in [0.717, 1.165) is 35.9 Å². The van der Waals surface area contributed by atoms with Crippen LogP contribution in [0.25, 0.3) is 33.6 Å². The van der Waals surface area contributed by atoms with Crippen LogP contribution in [0.1, 0.15) is 36.1 Å². The fraction of sp³-hybridized carbons (Fsp3) is 0.231. The van der Waals surface area contributed by atoms with E-state index in [9.17, 15) is 4.79 Å². The Balaban J connectivity index is 1.67. The monoisotopic (exact) mass is 415 g/mol. The van der Waals surface area contributed by atoms with E-state index >= 15 is 4.39 Å². The van der Waals surface area contributed by atoms with Crippen LogP contribution in [0, 0.1) is 5.82 Å². The Kier molecular flexibility index (Phi) is 5.02. The Morgan fingerprint density at radius 3 is 2.81 bits per heavy atom. The zero-order valence-electron chi connectivity index (χ0n) is 17.0. The number of rotatable bonds is 6. The molecule has 0 spiro atoms. The Hall–Kier alpha value is -3.47. The number of aromatic nitrogens is 1. The van der Waals surface area contributed by atoms with Gasteiger partial charge in [-0.1, -0.05) is 36.4 Å². The molecular weight excluding hydrogens is 393 g/mol. The molecule has 0 fully saturated rings. The predicted octanol–water partition coefficient (Wildman–Crippen LogP) is 6.20. The molecular formula is C26H22FNO3. The van der Waals surface area contributed by atoms with Crippen LogP contribution in [0.5, 0.6) is 0 Å². The van der Waals surface area contributed by atoms with Crippen molar-refractivity contribution < 1.29 is 18.7 Å². The van der Waals surface area contributed by atoms with Gasteiger partial charge in [0.1, 0.15) is 17.2 Å². The van der Waals surface area contributed by atoms with E-state index in [1.807, 2.05) is 42.5 Å². The first-order chi connectivity index (χ1) is 15.1. The average molecular weight is 415 g/mol. The molecule has 2 heterocycles. The summed E-state index contributed by atoms with van der Waals surface area (Å²) in [5.41, 5.74) is 5.57. The summed E-state index contributed by atoms with van der Waals surface area (Å²) in [6, 6.07) is 16.6. The lowest BCUT2D eigenvalue weighted by Crippen LogP contribution is -1.98. The van der Waals surface area contributed by atoms with Gasteiger partial charge in [0.05, 0.1) is 5.69 Å². The van der Waals surface area contributed by atoms with Crippen molar-refractivity contribution in [2.24, 2.45) is 0 Å². The Morgan fingerprint density at radius 2 is 1.94 bits per heavy atom. The summed E-state index contributed by atoms with van der Waals surface area (Å²) < 4.78 is 21.4. The van der Waals surface area contributed by atoms with Crippen molar-refractivity contribution in [3.8, 4) is 22.6 Å². The standard InChI is InChI=1S/C26H22FNO3/c27-20-10-4-9-19(25(20)22-15-14-16-6-3-11-21(16)28-22)26-18(8-5-13-24(29)30)17-7-1-2-12-23(17)31-26/h1-2,4,7,9-10,12,14-15H,3,5-6,8,11,13H2,(H,29,30). The molecule has 1 N–H and O–H groups in total. The highest BCUT2D eigenvalue weighted by Crippen LogP contribution is 2.40. The lowest BCUT2D eigenvalue weighted by Gasteiger charge is -2.12. The van der Waals surface area contributed by atoms with E-state index in [2.05, 4.69) is 0 Å². The van der Waals surface area contributed by atoms with Crippen LogP contribution in [0.4, 0.5) is 4.39 Å². The van der Waals surface area contributed by atoms with Gasteiger partial charge in [0.2, 0.25) is 0 Å². The smallest absolute Gasteiger partial charge is 0.303 e. The first-order valence-corrected chi connectivity index (χ1v) is 10.6. The molecule has 1 aliphatic carbocycles. The summed E-state index contributed by atoms with van der Waals surface area (Å²) in [4.78, 5) is 15.8. The summed E-state index contributed by atoms with van der Waals surface area (Å²) >= 11 is 0. The highest BCUT2D eigenvalue weighted by Gasteiger charge is 2.23. The van der Waals surface area contributed by atoms with E-state index < -0.39 is 5.97 Å². The van der Waals surface area contributed by atoms with Crippen molar-refractivity contribution in [1.82, 2.24) is 4.98 Å². The lowest BCUT2D eigenvalue weighted by atomic mass is 9.95. The molecule has 0 saturated heterocycles. The molecule has 2 aromatic carbocycles. The SMILES string of the molecule is O=C(O)CCCc1c(-c2cccc(F)c2-c2ccc3c(n2)CCC3)oc2ccccc12. The van der Waals surface area contributed by atoms with Gasteiger partial charge in [-0.3, -0.25) is 9.78 Å². The number of benzene rings is 2. The molecule has 31 heavy (non-hydrogen) atoms. The number of nitrogens with zero attached hydrogens (tertiary/aromatic N) is 1. The number of para-hydroxylation sites is 1. The molecule has 0 atom stereocenters. The number of hydrogen-bond acceptors (Lipinski definition) is 3. The first kappa shape index (κ1) is 19.5. The maximum Gasteiger partial charge on any atom is 0.303 e. The molecule has 156 valence electrons. The van der Waals surface area contributed by atoms with Crippen molar-refractivity contribution >= 4 is 16.9 Å². The maximum absolute atomic E-state index is 15.2. The molecule has 0 radical (unpaired) electrons. The fourth-order valence-electron chi connectivity index (χ4n) is 4.51. The number of carboxylic acid groups (broad SMARTS) is 1. The van der Waals surface area contributed by atoms with Crippen molar-refractivity contribution in [1.29, 1.82) is 0 Å². The Labute approximate surface area is 179 Å². The van der Waals surface area contributed by atoms with Gasteiger partial charge in [0.15, 0.2) is 0 Å². The van der Waals surface area contributed by atoms with E-state index in [4.69, 9.17) is 14.5 Å².